The molecule has 76 valence electrons. The van der Waals surface area contributed by atoms with Crippen molar-refractivity contribution in [1.29, 1.82) is 0 Å². The molecule has 0 spiro atoms. The molecular weight excluding hydrogens is 314 g/mol. The standard InChI is InChI=1S/5FH.9Mg.18H/h5*1H;;;;;;;;;;;;;;;;;;;;;;;;;;;/q;;;;;9*+2;18*-1. The number of rotatable bonds is 0. The van der Waals surface area contributed by atoms with Gasteiger partial charge < -0.3 is 25.7 Å². The first-order chi connectivity index (χ1) is 0. The van der Waals surface area contributed by atoms with E-state index in [1.165, 1.54) is 0 Å². The molecule has 14 heteroatoms. The van der Waals surface area contributed by atoms with Gasteiger partial charge in [0.15, 0.2) is 0 Å². The summed E-state index contributed by atoms with van der Waals surface area (Å²) in [4.78, 5) is 0. The molecule has 0 N–H and O–H groups in total. The van der Waals surface area contributed by atoms with E-state index in [9.17, 15) is 0 Å². The summed E-state index contributed by atoms with van der Waals surface area (Å²) in [7, 11) is 0. The Labute approximate surface area is 252 Å². The van der Waals surface area contributed by atoms with E-state index in [-0.39, 0.29) is 257 Å². The quantitative estimate of drug-likeness (QED) is 0.408. The van der Waals surface area contributed by atoms with Gasteiger partial charge in [0.05, 0.1) is 0 Å². The van der Waals surface area contributed by atoms with Crippen molar-refractivity contribution in [3.8, 4) is 0 Å². The second-order valence-electron chi connectivity index (χ2n) is 0. The molecule has 14 heavy (non-hydrogen) atoms. The molecule has 0 heterocycles. The second-order valence-corrected chi connectivity index (χ2v) is 0. The van der Waals surface area contributed by atoms with Crippen molar-refractivity contribution < 1.29 is 49.2 Å². The average Bonchev–Trinajstić information content (AvgIpc) is 0. The van der Waals surface area contributed by atoms with Crippen LogP contribution >= 0.6 is 0 Å². The van der Waals surface area contributed by atoms with Gasteiger partial charge in [0.2, 0.25) is 0 Å². The molecule has 0 aliphatic heterocycles. The Morgan fingerprint density at radius 2 is 0.214 bits per heavy atom. The van der Waals surface area contributed by atoms with Crippen LogP contribution in [0.3, 0.4) is 0 Å². The monoisotopic (exact) mass is 334 g/mol. The molecule has 0 fully saturated rings. The first-order valence-corrected chi connectivity index (χ1v) is 0. The molecule has 0 atom stereocenters. The van der Waals surface area contributed by atoms with Gasteiger partial charge in [-0.05, 0) is 0 Å². The molecule has 0 amide bonds. The van der Waals surface area contributed by atoms with Gasteiger partial charge in [0.1, 0.15) is 0 Å². The summed E-state index contributed by atoms with van der Waals surface area (Å²) >= 11 is 0. The van der Waals surface area contributed by atoms with Crippen molar-refractivity contribution in [2.24, 2.45) is 0 Å². The van der Waals surface area contributed by atoms with Crippen LogP contribution in [0.25, 0.3) is 0 Å². The molecule has 0 aliphatic carbocycles. The summed E-state index contributed by atoms with van der Waals surface area (Å²) in [6.45, 7) is 0. The van der Waals surface area contributed by atoms with E-state index in [4.69, 9.17) is 0 Å². The third-order valence-electron chi connectivity index (χ3n) is 0. The minimum atomic E-state index is 0. The third-order valence-corrected chi connectivity index (χ3v) is 0. The molecule has 0 aromatic carbocycles. The molecule has 0 bridgehead atoms. The van der Waals surface area contributed by atoms with E-state index < -0.39 is 0 Å². The smallest absolute Gasteiger partial charge is 1.00 e. The minimum absolute atomic E-state index is 0. The van der Waals surface area contributed by atoms with Crippen LogP contribution in [-0.2, 0) is 0 Å². The van der Waals surface area contributed by atoms with Crippen molar-refractivity contribution in [2.75, 3.05) is 0 Å². The van der Waals surface area contributed by atoms with Crippen molar-refractivity contribution >= 4 is 207 Å². The fourth-order valence-electron chi connectivity index (χ4n) is 0. The molecule has 0 saturated carbocycles. The van der Waals surface area contributed by atoms with Gasteiger partial charge >= 0.3 is 207 Å². The Hall–Kier alpha value is 6.55. The Bertz CT molecular complexity index is 44.8. The molecule has 0 aromatic rings. The summed E-state index contributed by atoms with van der Waals surface area (Å²) in [6.07, 6.45) is 0. The zero-order valence-electron chi connectivity index (χ0n) is 26.4. The maximum Gasteiger partial charge on any atom is 2.00 e. The van der Waals surface area contributed by atoms with Crippen LogP contribution in [0.2, 0.25) is 0 Å². The number of hydrogen-bond donors (Lipinski definition) is 0. The molecular formula is H23F5Mg9. The third kappa shape index (κ3) is 133. The van der Waals surface area contributed by atoms with Gasteiger partial charge in [0, 0.05) is 0 Å². The number of hydrogen-bond acceptors (Lipinski definition) is 0. The minimum Gasteiger partial charge on any atom is -1.00 e. The van der Waals surface area contributed by atoms with Crippen molar-refractivity contribution in [3.63, 3.8) is 0 Å². The van der Waals surface area contributed by atoms with Crippen LogP contribution in [0.15, 0.2) is 0 Å². The van der Waals surface area contributed by atoms with Crippen LogP contribution in [0.4, 0.5) is 23.5 Å². The van der Waals surface area contributed by atoms with Crippen LogP contribution in [0, 0.1) is 0 Å². The van der Waals surface area contributed by atoms with Gasteiger partial charge in [-0.15, -0.1) is 0 Å². The first kappa shape index (κ1) is 183. The van der Waals surface area contributed by atoms with E-state index in [1.807, 2.05) is 0 Å². The van der Waals surface area contributed by atoms with E-state index in [0.717, 1.165) is 0 Å². The summed E-state index contributed by atoms with van der Waals surface area (Å²) in [5.74, 6) is 0. The van der Waals surface area contributed by atoms with Gasteiger partial charge in [-0.3, -0.25) is 23.5 Å². The van der Waals surface area contributed by atoms with Crippen molar-refractivity contribution in [2.45, 2.75) is 0 Å². The summed E-state index contributed by atoms with van der Waals surface area (Å²) in [5, 5.41) is 0. The maximum atomic E-state index is 0. The average molecular weight is 337 g/mol. The van der Waals surface area contributed by atoms with Gasteiger partial charge in [-0.25, -0.2) is 0 Å². The van der Waals surface area contributed by atoms with E-state index >= 15 is 0 Å². The largest absolute Gasteiger partial charge is 2.00 e. The Kier molecular flexibility index (Phi) is 2050. The van der Waals surface area contributed by atoms with E-state index in [2.05, 4.69) is 0 Å². The predicted octanol–water partition coefficient (Wildman–Crippen LogP) is -0.640. The zero-order valence-corrected chi connectivity index (χ0v) is 21.1. The molecule has 0 saturated heterocycles. The van der Waals surface area contributed by atoms with Gasteiger partial charge in [0.25, 0.3) is 0 Å². The maximum absolute atomic E-state index is 0. The molecule has 0 radical (unpaired) electrons. The van der Waals surface area contributed by atoms with E-state index in [0.29, 0.717) is 0 Å². The SMILES string of the molecule is F.F.F.F.F.[H-].[H-].[H-].[H-].[H-].[H-].[H-].[H-].[H-].[H-].[H-].[H-].[H-].[H-].[H-].[H-].[H-].[H-].[Mg+2].[Mg+2].[Mg+2].[Mg+2].[Mg+2].[Mg+2].[Mg+2].[Mg+2].[Mg+2]. The molecule has 0 nitrogen and oxygen atoms in total. The predicted molar refractivity (Wildman–Crippen MR) is 84.3 cm³/mol. The van der Waals surface area contributed by atoms with Crippen LogP contribution in [-0.4, -0.2) is 207 Å². The number of halogens is 5. The summed E-state index contributed by atoms with van der Waals surface area (Å²) < 4.78 is 0. The van der Waals surface area contributed by atoms with Gasteiger partial charge in [-0.2, -0.15) is 0 Å². The first-order valence-electron chi connectivity index (χ1n) is 0. The Morgan fingerprint density at radius 1 is 0.214 bits per heavy atom. The fraction of sp³-hybridized carbons (Fsp3) is 0. The van der Waals surface area contributed by atoms with E-state index in [1.54, 1.807) is 0 Å². The normalized spacial score (nSPS) is 0. The molecule has 0 rings (SSSR count). The van der Waals surface area contributed by atoms with Crippen molar-refractivity contribution in [3.05, 3.63) is 0 Å². The molecule has 0 aliphatic rings. The van der Waals surface area contributed by atoms with Crippen LogP contribution in [0.5, 0.6) is 0 Å². The molecule has 0 aromatic heterocycles. The Balaban J connectivity index is 0. The Morgan fingerprint density at radius 3 is 0.214 bits per heavy atom. The summed E-state index contributed by atoms with van der Waals surface area (Å²) in [6, 6.07) is 0. The van der Waals surface area contributed by atoms with Gasteiger partial charge in [-0.1, -0.05) is 0 Å². The molecule has 0 unspecified atom stereocenters. The van der Waals surface area contributed by atoms with Crippen molar-refractivity contribution in [1.82, 2.24) is 0 Å². The fourth-order valence-corrected chi connectivity index (χ4v) is 0. The van der Waals surface area contributed by atoms with Crippen LogP contribution in [0.1, 0.15) is 25.7 Å². The topological polar surface area (TPSA) is 0 Å². The second kappa shape index (κ2) is 157. The van der Waals surface area contributed by atoms with Crippen LogP contribution < -0.4 is 0 Å². The summed E-state index contributed by atoms with van der Waals surface area (Å²) in [5.41, 5.74) is 0. The zero-order chi connectivity index (χ0) is 0.